The van der Waals surface area contributed by atoms with Crippen molar-refractivity contribution >= 4 is 29.4 Å². The van der Waals surface area contributed by atoms with E-state index in [9.17, 15) is 14.4 Å². The molecule has 0 heterocycles. The second-order valence-electron chi connectivity index (χ2n) is 5.07. The van der Waals surface area contributed by atoms with Gasteiger partial charge in [0.1, 0.15) is 5.75 Å². The first-order valence-corrected chi connectivity index (χ1v) is 7.67. The van der Waals surface area contributed by atoms with E-state index in [1.54, 1.807) is 18.2 Å². The zero-order valence-electron chi connectivity index (χ0n) is 13.3. The summed E-state index contributed by atoms with van der Waals surface area (Å²) >= 11 is 5.72. The van der Waals surface area contributed by atoms with Crippen LogP contribution in [-0.4, -0.2) is 24.5 Å². The van der Waals surface area contributed by atoms with Crippen molar-refractivity contribution in [2.75, 3.05) is 6.61 Å². The van der Waals surface area contributed by atoms with Crippen LogP contribution in [0.1, 0.15) is 15.9 Å². The summed E-state index contributed by atoms with van der Waals surface area (Å²) in [7, 11) is 0. The van der Waals surface area contributed by atoms with Crippen LogP contribution in [0.4, 0.5) is 4.79 Å². The lowest BCUT2D eigenvalue weighted by Crippen LogP contribution is -2.49. The quantitative estimate of drug-likeness (QED) is 0.727. The molecule has 0 atom stereocenters. The van der Waals surface area contributed by atoms with Gasteiger partial charge in [-0.15, -0.1) is 0 Å². The van der Waals surface area contributed by atoms with Crippen LogP contribution in [0.25, 0.3) is 0 Å². The fourth-order valence-electron chi connectivity index (χ4n) is 1.82. The molecule has 2 rings (SSSR count). The minimum absolute atomic E-state index is 0.258. The lowest BCUT2D eigenvalue weighted by molar-refractivity contribution is -0.123. The Labute approximate surface area is 149 Å². The second-order valence-corrected chi connectivity index (χ2v) is 5.50. The van der Waals surface area contributed by atoms with Crippen molar-refractivity contribution in [2.24, 2.45) is 0 Å². The summed E-state index contributed by atoms with van der Waals surface area (Å²) < 4.78 is 5.28. The number of hydrazine groups is 1. The largest absolute Gasteiger partial charge is 0.484 e. The Morgan fingerprint density at radius 2 is 1.76 bits per heavy atom. The number of rotatable bonds is 4. The molecule has 4 amide bonds. The Morgan fingerprint density at radius 3 is 2.44 bits per heavy atom. The molecule has 0 fully saturated rings. The van der Waals surface area contributed by atoms with Gasteiger partial charge in [-0.05, 0) is 48.9 Å². The highest BCUT2D eigenvalue weighted by molar-refractivity contribution is 6.30. The van der Waals surface area contributed by atoms with Gasteiger partial charge in [0, 0.05) is 10.6 Å². The number of hydrogen-bond donors (Lipinski definition) is 3. The normalized spacial score (nSPS) is 9.84. The number of carbonyl (C=O) groups excluding carboxylic acids is 3. The molecule has 0 saturated carbocycles. The summed E-state index contributed by atoms with van der Waals surface area (Å²) in [5, 5.41) is 2.54. The maximum Gasteiger partial charge on any atom is 0.340 e. The predicted octanol–water partition coefficient (Wildman–Crippen LogP) is 2.20. The summed E-state index contributed by atoms with van der Waals surface area (Å²) in [4.78, 5) is 35.0. The third-order valence-corrected chi connectivity index (χ3v) is 3.26. The second kappa shape index (κ2) is 8.70. The molecule has 7 nitrogen and oxygen atoms in total. The Balaban J connectivity index is 1.72. The average Bonchev–Trinajstić information content (AvgIpc) is 2.58. The van der Waals surface area contributed by atoms with Gasteiger partial charge in [-0.2, -0.15) is 0 Å². The molecular weight excluding hydrogens is 346 g/mol. The molecule has 0 bridgehead atoms. The number of urea groups is 1. The van der Waals surface area contributed by atoms with Gasteiger partial charge in [0.15, 0.2) is 6.61 Å². The predicted molar refractivity (Wildman–Crippen MR) is 92.3 cm³/mol. The number of aryl methyl sites for hydroxylation is 1. The minimum Gasteiger partial charge on any atom is -0.484 e. The fourth-order valence-corrected chi connectivity index (χ4v) is 1.95. The Hall–Kier alpha value is -3.06. The minimum atomic E-state index is -0.871. The van der Waals surface area contributed by atoms with E-state index in [1.165, 1.54) is 24.3 Å². The molecule has 0 aliphatic heterocycles. The molecule has 0 aromatic heterocycles. The SMILES string of the molecule is Cc1cccc(OCC(=O)NNC(=O)NC(=O)c2ccc(Cl)cc2)c1. The number of amides is 4. The van der Waals surface area contributed by atoms with E-state index in [1.807, 2.05) is 13.0 Å². The van der Waals surface area contributed by atoms with E-state index in [0.717, 1.165) is 5.56 Å². The van der Waals surface area contributed by atoms with Crippen molar-refractivity contribution in [2.45, 2.75) is 6.92 Å². The molecule has 3 N–H and O–H groups in total. The van der Waals surface area contributed by atoms with Gasteiger partial charge in [0.05, 0.1) is 0 Å². The molecular formula is C17H16ClN3O4. The van der Waals surface area contributed by atoms with Crippen LogP contribution >= 0.6 is 11.6 Å². The molecule has 2 aromatic carbocycles. The molecule has 8 heteroatoms. The smallest absolute Gasteiger partial charge is 0.340 e. The van der Waals surface area contributed by atoms with Gasteiger partial charge in [0.2, 0.25) is 0 Å². The van der Waals surface area contributed by atoms with E-state index in [-0.39, 0.29) is 12.2 Å². The summed E-state index contributed by atoms with van der Waals surface area (Å²) in [5.41, 5.74) is 5.45. The zero-order valence-corrected chi connectivity index (χ0v) is 14.1. The van der Waals surface area contributed by atoms with Gasteiger partial charge in [-0.3, -0.25) is 20.3 Å². The van der Waals surface area contributed by atoms with Crippen molar-refractivity contribution < 1.29 is 19.1 Å². The highest BCUT2D eigenvalue weighted by Gasteiger charge is 2.11. The summed E-state index contributed by atoms with van der Waals surface area (Å²) in [6, 6.07) is 12.3. The number of benzene rings is 2. The van der Waals surface area contributed by atoms with Crippen molar-refractivity contribution in [3.8, 4) is 5.75 Å². The summed E-state index contributed by atoms with van der Waals surface area (Å²) in [5.74, 6) is -0.660. The molecule has 0 spiro atoms. The molecule has 25 heavy (non-hydrogen) atoms. The standard InChI is InChI=1S/C17H16ClN3O4/c1-11-3-2-4-14(9-11)25-10-15(22)20-21-17(24)19-16(23)12-5-7-13(18)8-6-12/h2-9H,10H2,1H3,(H,20,22)(H2,19,21,23,24). The average molecular weight is 362 g/mol. The molecule has 0 saturated heterocycles. The van der Waals surface area contributed by atoms with Crippen molar-refractivity contribution in [3.05, 3.63) is 64.7 Å². The van der Waals surface area contributed by atoms with Gasteiger partial charge < -0.3 is 4.74 Å². The number of ether oxygens (including phenoxy) is 1. The molecule has 0 aliphatic carbocycles. The molecule has 0 radical (unpaired) electrons. The van der Waals surface area contributed by atoms with Crippen LogP contribution < -0.4 is 20.9 Å². The molecule has 0 aliphatic rings. The van der Waals surface area contributed by atoms with Crippen molar-refractivity contribution in [3.63, 3.8) is 0 Å². The molecule has 2 aromatic rings. The topological polar surface area (TPSA) is 96.5 Å². The summed E-state index contributed by atoms with van der Waals surface area (Å²) in [6.45, 7) is 1.62. The van der Waals surface area contributed by atoms with Gasteiger partial charge in [-0.1, -0.05) is 23.7 Å². The number of halogens is 1. The van der Waals surface area contributed by atoms with Crippen LogP contribution in [0.15, 0.2) is 48.5 Å². The monoisotopic (exact) mass is 361 g/mol. The highest BCUT2D eigenvalue weighted by Crippen LogP contribution is 2.12. The highest BCUT2D eigenvalue weighted by atomic mass is 35.5. The third-order valence-electron chi connectivity index (χ3n) is 3.01. The van der Waals surface area contributed by atoms with Crippen LogP contribution in [0.2, 0.25) is 5.02 Å². The van der Waals surface area contributed by atoms with E-state index in [2.05, 4.69) is 16.2 Å². The number of nitrogens with one attached hydrogen (secondary N) is 3. The van der Waals surface area contributed by atoms with Crippen LogP contribution in [-0.2, 0) is 4.79 Å². The Kier molecular flexibility index (Phi) is 6.36. The van der Waals surface area contributed by atoms with E-state index >= 15 is 0 Å². The Bertz CT molecular complexity index is 778. The van der Waals surface area contributed by atoms with E-state index in [4.69, 9.17) is 16.3 Å². The maximum atomic E-state index is 11.8. The molecule has 0 unspecified atom stereocenters. The first-order valence-electron chi connectivity index (χ1n) is 7.29. The first kappa shape index (κ1) is 18.3. The number of carbonyl (C=O) groups is 3. The third kappa shape index (κ3) is 6.15. The van der Waals surface area contributed by atoms with Gasteiger partial charge in [-0.25, -0.2) is 10.2 Å². The first-order chi connectivity index (χ1) is 11.9. The van der Waals surface area contributed by atoms with Gasteiger partial charge >= 0.3 is 6.03 Å². The number of hydrogen-bond acceptors (Lipinski definition) is 4. The van der Waals surface area contributed by atoms with Crippen LogP contribution in [0.3, 0.4) is 0 Å². The van der Waals surface area contributed by atoms with Crippen LogP contribution in [0, 0.1) is 6.92 Å². The van der Waals surface area contributed by atoms with Gasteiger partial charge in [0.25, 0.3) is 11.8 Å². The van der Waals surface area contributed by atoms with E-state index in [0.29, 0.717) is 10.8 Å². The summed E-state index contributed by atoms with van der Waals surface area (Å²) in [6.07, 6.45) is 0. The maximum absolute atomic E-state index is 11.8. The van der Waals surface area contributed by atoms with Crippen molar-refractivity contribution in [1.82, 2.24) is 16.2 Å². The Morgan fingerprint density at radius 1 is 1.04 bits per heavy atom. The lowest BCUT2D eigenvalue weighted by atomic mass is 10.2. The molecule has 130 valence electrons. The zero-order chi connectivity index (χ0) is 18.2. The number of imide groups is 1. The van der Waals surface area contributed by atoms with E-state index < -0.39 is 17.8 Å². The lowest BCUT2D eigenvalue weighted by Gasteiger charge is -2.09. The van der Waals surface area contributed by atoms with Crippen LogP contribution in [0.5, 0.6) is 5.75 Å². The van der Waals surface area contributed by atoms with Crippen molar-refractivity contribution in [1.29, 1.82) is 0 Å². The fraction of sp³-hybridized carbons (Fsp3) is 0.118.